The van der Waals surface area contributed by atoms with Crippen molar-refractivity contribution < 1.29 is 4.79 Å². The van der Waals surface area contributed by atoms with Crippen LogP contribution in [0.4, 0.5) is 5.95 Å². The number of imidazole rings is 1. The van der Waals surface area contributed by atoms with Gasteiger partial charge in [-0.1, -0.05) is 12.1 Å². The lowest BCUT2D eigenvalue weighted by Crippen LogP contribution is -2.37. The average molecular weight is 361 g/mol. The van der Waals surface area contributed by atoms with Crippen LogP contribution in [0.2, 0.25) is 0 Å². The molecule has 1 amide bonds. The zero-order valence-electron chi connectivity index (χ0n) is 15.4. The van der Waals surface area contributed by atoms with Crippen LogP contribution in [0.25, 0.3) is 16.7 Å². The molecule has 0 spiro atoms. The summed E-state index contributed by atoms with van der Waals surface area (Å²) in [5.74, 6) is 1.16. The van der Waals surface area contributed by atoms with Crippen molar-refractivity contribution >= 4 is 28.5 Å². The monoisotopic (exact) mass is 361 g/mol. The van der Waals surface area contributed by atoms with Gasteiger partial charge in [0.25, 0.3) is 0 Å². The number of anilines is 1. The first kappa shape index (κ1) is 15.9. The number of amides is 1. The molecule has 27 heavy (non-hydrogen) atoms. The van der Waals surface area contributed by atoms with Crippen molar-refractivity contribution in [1.29, 1.82) is 0 Å². The summed E-state index contributed by atoms with van der Waals surface area (Å²) >= 11 is 0. The van der Waals surface area contributed by atoms with Crippen molar-refractivity contribution in [2.45, 2.75) is 39.8 Å². The van der Waals surface area contributed by atoms with E-state index in [9.17, 15) is 4.79 Å². The lowest BCUT2D eigenvalue weighted by molar-refractivity contribution is -0.118. The molecule has 1 aromatic carbocycles. The molecule has 5 rings (SSSR count). The van der Waals surface area contributed by atoms with Gasteiger partial charge in [0.05, 0.1) is 34.9 Å². The van der Waals surface area contributed by atoms with E-state index in [4.69, 9.17) is 0 Å². The largest absolute Gasteiger partial charge is 0.308 e. The first-order valence-electron chi connectivity index (χ1n) is 8.98. The lowest BCUT2D eigenvalue weighted by Gasteiger charge is -2.18. The minimum Gasteiger partial charge on any atom is -0.308 e. The molecule has 8 heteroatoms. The standard InChI is InChI=1S/C19H19N7O/c1-11-9-20-13(3)18-22-16(23-26(11)18)8-17(27)25-12(2)10-24-15-7-5-4-6-14(15)21-19(24)25/h4-7,9,12H,8,10H2,1-3H3/t12-/m0/s1. The van der Waals surface area contributed by atoms with E-state index in [1.807, 2.05) is 45.0 Å². The second kappa shape index (κ2) is 5.60. The van der Waals surface area contributed by atoms with Crippen LogP contribution in [0, 0.1) is 13.8 Å². The van der Waals surface area contributed by atoms with E-state index in [2.05, 4.69) is 24.6 Å². The third-order valence-electron chi connectivity index (χ3n) is 5.07. The molecule has 1 aliphatic rings. The topological polar surface area (TPSA) is 81.2 Å². The molecule has 0 saturated heterocycles. The Labute approximate surface area is 155 Å². The molecular formula is C19H19N7O. The Morgan fingerprint density at radius 3 is 2.85 bits per heavy atom. The zero-order chi connectivity index (χ0) is 18.7. The van der Waals surface area contributed by atoms with Gasteiger partial charge in [-0.25, -0.2) is 14.5 Å². The molecule has 136 valence electrons. The molecule has 0 fully saturated rings. The predicted octanol–water partition coefficient (Wildman–Crippen LogP) is 2.07. The number of hydrogen-bond acceptors (Lipinski definition) is 5. The van der Waals surface area contributed by atoms with E-state index in [1.54, 1.807) is 15.6 Å². The quantitative estimate of drug-likeness (QED) is 0.546. The number of hydrogen-bond donors (Lipinski definition) is 0. The highest BCUT2D eigenvalue weighted by Gasteiger charge is 2.34. The van der Waals surface area contributed by atoms with Gasteiger partial charge in [-0.3, -0.25) is 14.7 Å². The van der Waals surface area contributed by atoms with Crippen LogP contribution in [0.15, 0.2) is 30.5 Å². The summed E-state index contributed by atoms with van der Waals surface area (Å²) in [5.41, 5.74) is 4.33. The molecule has 0 N–H and O–H groups in total. The summed E-state index contributed by atoms with van der Waals surface area (Å²) in [7, 11) is 0. The molecule has 4 aromatic rings. The Kier molecular flexibility index (Phi) is 3.30. The Bertz CT molecular complexity index is 1170. The summed E-state index contributed by atoms with van der Waals surface area (Å²) < 4.78 is 3.85. The van der Waals surface area contributed by atoms with Crippen molar-refractivity contribution in [3.05, 3.63) is 47.7 Å². The highest BCUT2D eigenvalue weighted by Crippen LogP contribution is 2.30. The Morgan fingerprint density at radius 2 is 2.04 bits per heavy atom. The minimum absolute atomic E-state index is 0.0456. The van der Waals surface area contributed by atoms with Crippen molar-refractivity contribution in [3.8, 4) is 0 Å². The van der Waals surface area contributed by atoms with E-state index in [0.29, 0.717) is 17.4 Å². The van der Waals surface area contributed by atoms with E-state index in [1.165, 1.54) is 0 Å². The van der Waals surface area contributed by atoms with Crippen molar-refractivity contribution in [1.82, 2.24) is 29.1 Å². The van der Waals surface area contributed by atoms with Crippen LogP contribution in [0.1, 0.15) is 24.1 Å². The molecule has 0 unspecified atom stereocenters. The summed E-state index contributed by atoms with van der Waals surface area (Å²) in [6.07, 6.45) is 1.89. The summed E-state index contributed by atoms with van der Waals surface area (Å²) in [6.45, 7) is 6.59. The molecule has 4 heterocycles. The fourth-order valence-electron chi connectivity index (χ4n) is 3.76. The van der Waals surface area contributed by atoms with Gasteiger partial charge in [-0.05, 0) is 32.9 Å². The zero-order valence-corrected chi connectivity index (χ0v) is 15.4. The highest BCUT2D eigenvalue weighted by molar-refractivity contribution is 5.96. The van der Waals surface area contributed by atoms with Gasteiger partial charge in [0.1, 0.15) is 0 Å². The van der Waals surface area contributed by atoms with Crippen LogP contribution < -0.4 is 4.90 Å². The molecule has 0 aliphatic carbocycles. The molecular weight excluding hydrogens is 342 g/mol. The van der Waals surface area contributed by atoms with E-state index in [-0.39, 0.29) is 18.4 Å². The Hall–Kier alpha value is -3.29. The third kappa shape index (κ3) is 2.33. The predicted molar refractivity (Wildman–Crippen MR) is 101 cm³/mol. The smallest absolute Gasteiger partial charge is 0.237 e. The number of benzene rings is 1. The van der Waals surface area contributed by atoms with Gasteiger partial charge in [0, 0.05) is 12.7 Å². The Morgan fingerprint density at radius 1 is 1.22 bits per heavy atom. The maximum absolute atomic E-state index is 13.1. The first-order chi connectivity index (χ1) is 13.0. The molecule has 0 bridgehead atoms. The fourth-order valence-corrected chi connectivity index (χ4v) is 3.76. The lowest BCUT2D eigenvalue weighted by atomic mass is 10.2. The summed E-state index contributed by atoms with van der Waals surface area (Å²) in [4.78, 5) is 28.4. The van der Waals surface area contributed by atoms with E-state index < -0.39 is 0 Å². The number of carbonyl (C=O) groups excluding carboxylic acids is 1. The van der Waals surface area contributed by atoms with Crippen LogP contribution in [0.3, 0.4) is 0 Å². The molecule has 0 saturated carbocycles. The van der Waals surface area contributed by atoms with Crippen LogP contribution in [-0.2, 0) is 17.8 Å². The van der Waals surface area contributed by atoms with Gasteiger partial charge in [-0.15, -0.1) is 0 Å². The summed E-state index contributed by atoms with van der Waals surface area (Å²) in [5, 5.41) is 4.50. The number of para-hydroxylation sites is 2. The fraction of sp³-hybridized carbons (Fsp3) is 0.316. The second-order valence-electron chi connectivity index (χ2n) is 7.05. The number of carbonyl (C=O) groups is 1. The molecule has 1 aliphatic heterocycles. The van der Waals surface area contributed by atoms with Crippen LogP contribution >= 0.6 is 0 Å². The van der Waals surface area contributed by atoms with E-state index >= 15 is 0 Å². The average Bonchev–Trinajstić information content (AvgIpc) is 3.30. The van der Waals surface area contributed by atoms with Crippen molar-refractivity contribution in [2.24, 2.45) is 0 Å². The van der Waals surface area contributed by atoms with Gasteiger partial charge in [0.2, 0.25) is 11.9 Å². The number of aryl methyl sites for hydroxylation is 2. The van der Waals surface area contributed by atoms with E-state index in [0.717, 1.165) is 29.0 Å². The Balaban J connectivity index is 1.50. The second-order valence-corrected chi connectivity index (χ2v) is 7.05. The van der Waals surface area contributed by atoms with Crippen molar-refractivity contribution in [3.63, 3.8) is 0 Å². The number of rotatable bonds is 2. The number of aromatic nitrogens is 6. The van der Waals surface area contributed by atoms with Crippen molar-refractivity contribution in [2.75, 3.05) is 4.90 Å². The van der Waals surface area contributed by atoms with Gasteiger partial charge in [-0.2, -0.15) is 5.10 Å². The molecule has 3 aromatic heterocycles. The maximum atomic E-state index is 13.1. The van der Waals surface area contributed by atoms with Gasteiger partial charge in [0.15, 0.2) is 11.5 Å². The number of fused-ring (bicyclic) bond motifs is 4. The normalized spacial score (nSPS) is 16.4. The molecule has 1 atom stereocenters. The summed E-state index contributed by atoms with van der Waals surface area (Å²) in [6, 6.07) is 8.00. The maximum Gasteiger partial charge on any atom is 0.237 e. The third-order valence-corrected chi connectivity index (χ3v) is 5.07. The molecule has 0 radical (unpaired) electrons. The minimum atomic E-state index is -0.0456. The van der Waals surface area contributed by atoms with Crippen LogP contribution in [-0.4, -0.2) is 41.1 Å². The number of nitrogens with zero attached hydrogens (tertiary/aromatic N) is 7. The highest BCUT2D eigenvalue weighted by atomic mass is 16.2. The van der Waals surface area contributed by atoms with Gasteiger partial charge >= 0.3 is 0 Å². The SMILES string of the molecule is Cc1ncc(C)n2nc(CC(=O)N3c4nc5ccccc5n4C[C@@H]3C)nc12. The van der Waals surface area contributed by atoms with Gasteiger partial charge < -0.3 is 4.57 Å². The first-order valence-corrected chi connectivity index (χ1v) is 8.98. The molecule has 8 nitrogen and oxygen atoms in total. The van der Waals surface area contributed by atoms with Crippen LogP contribution in [0.5, 0.6) is 0 Å².